The third kappa shape index (κ3) is 6.57. The van der Waals surface area contributed by atoms with Gasteiger partial charge in [-0.15, -0.1) is 10.2 Å². The van der Waals surface area contributed by atoms with Crippen molar-refractivity contribution in [3.05, 3.63) is 75.8 Å². The zero-order valence-electron chi connectivity index (χ0n) is 20.9. The molecule has 194 valence electrons. The highest BCUT2D eigenvalue weighted by Gasteiger charge is 2.26. The fourth-order valence-corrected chi connectivity index (χ4v) is 4.73. The van der Waals surface area contributed by atoms with Crippen molar-refractivity contribution in [2.75, 3.05) is 57.9 Å². The molecule has 3 aromatic rings. The molecule has 0 atom stereocenters. The van der Waals surface area contributed by atoms with E-state index in [1.807, 2.05) is 43.3 Å². The lowest BCUT2D eigenvalue weighted by Crippen LogP contribution is -2.52. The molecule has 0 aliphatic carbocycles. The highest BCUT2D eigenvalue weighted by atomic mass is 35.5. The van der Waals surface area contributed by atoms with E-state index in [0.717, 1.165) is 16.9 Å². The zero-order chi connectivity index (χ0) is 26.4. The monoisotopic (exact) mass is 541 g/mol. The summed E-state index contributed by atoms with van der Waals surface area (Å²) in [6.07, 6.45) is 0. The van der Waals surface area contributed by atoms with Crippen molar-refractivity contribution < 1.29 is 14.3 Å². The largest absolute Gasteiger partial charge is 0.383 e. The van der Waals surface area contributed by atoms with Crippen LogP contribution in [0.5, 0.6) is 0 Å². The molecular formula is C27H29Cl2N5O3. The second kappa shape index (κ2) is 12.4. The number of aryl methyl sites for hydroxylation is 1. The number of piperazine rings is 1. The second-order valence-electron chi connectivity index (χ2n) is 8.80. The highest BCUT2D eigenvalue weighted by Crippen LogP contribution is 2.29. The first-order chi connectivity index (χ1) is 17.9. The molecule has 0 radical (unpaired) electrons. The predicted octanol–water partition coefficient (Wildman–Crippen LogP) is 4.20. The Balaban J connectivity index is 1.36. The van der Waals surface area contributed by atoms with Gasteiger partial charge in [0.15, 0.2) is 5.82 Å². The van der Waals surface area contributed by atoms with Gasteiger partial charge in [0.2, 0.25) is 5.91 Å². The van der Waals surface area contributed by atoms with Crippen molar-refractivity contribution in [1.82, 2.24) is 20.0 Å². The van der Waals surface area contributed by atoms with Crippen molar-refractivity contribution in [2.24, 2.45) is 0 Å². The number of halogens is 2. The Labute approximate surface area is 226 Å². The van der Waals surface area contributed by atoms with Gasteiger partial charge in [-0.25, -0.2) is 0 Å². The van der Waals surface area contributed by atoms with Crippen LogP contribution in [0.1, 0.15) is 15.9 Å². The van der Waals surface area contributed by atoms with Crippen LogP contribution in [0.3, 0.4) is 0 Å². The molecule has 4 rings (SSSR count). The van der Waals surface area contributed by atoms with E-state index in [1.54, 1.807) is 35.1 Å². The van der Waals surface area contributed by atoms with Crippen molar-refractivity contribution in [3.63, 3.8) is 0 Å². The van der Waals surface area contributed by atoms with Crippen molar-refractivity contribution in [3.8, 4) is 11.3 Å². The normalized spacial score (nSPS) is 13.5. The quantitative estimate of drug-likeness (QED) is 0.425. The first-order valence-electron chi connectivity index (χ1n) is 12.0. The summed E-state index contributed by atoms with van der Waals surface area (Å²) in [4.78, 5) is 31.7. The molecule has 1 aliphatic rings. The number of benzene rings is 2. The number of ether oxygens (including phenoxy) is 1. The summed E-state index contributed by atoms with van der Waals surface area (Å²) in [5.74, 6) is 0.479. The molecule has 10 heteroatoms. The van der Waals surface area contributed by atoms with Gasteiger partial charge in [0, 0.05) is 56.0 Å². The first kappa shape index (κ1) is 26.9. The Morgan fingerprint density at radius 3 is 2.41 bits per heavy atom. The van der Waals surface area contributed by atoms with E-state index in [0.29, 0.717) is 60.6 Å². The van der Waals surface area contributed by atoms with Crippen LogP contribution in [-0.2, 0) is 9.53 Å². The number of hydrogen-bond acceptors (Lipinski definition) is 6. The standard InChI is InChI=1S/C27H29Cl2N5O3/c1-19-5-3-4-6-21(19)27(36)34(15-16-37-2)18-26(35)33-13-11-32(12-14-33)25-10-9-24(30-31-25)22-8-7-20(28)17-23(22)29/h3-10,17H,11-16,18H2,1-2H3. The molecule has 2 aromatic carbocycles. The molecular weight excluding hydrogens is 513 g/mol. The average molecular weight is 542 g/mol. The molecule has 8 nitrogen and oxygen atoms in total. The highest BCUT2D eigenvalue weighted by molar-refractivity contribution is 6.36. The Hall–Kier alpha value is -3.20. The summed E-state index contributed by atoms with van der Waals surface area (Å²) in [5, 5.41) is 9.79. The summed E-state index contributed by atoms with van der Waals surface area (Å²) in [6, 6.07) is 16.4. The van der Waals surface area contributed by atoms with Crippen molar-refractivity contribution in [1.29, 1.82) is 0 Å². The summed E-state index contributed by atoms with van der Waals surface area (Å²) in [5.41, 5.74) is 2.90. The van der Waals surface area contributed by atoms with Crippen LogP contribution in [0.25, 0.3) is 11.3 Å². The van der Waals surface area contributed by atoms with E-state index in [1.165, 1.54) is 0 Å². The van der Waals surface area contributed by atoms with E-state index >= 15 is 0 Å². The van der Waals surface area contributed by atoms with Gasteiger partial charge >= 0.3 is 0 Å². The van der Waals surface area contributed by atoms with Crippen LogP contribution in [0.15, 0.2) is 54.6 Å². The van der Waals surface area contributed by atoms with E-state index in [4.69, 9.17) is 27.9 Å². The Morgan fingerprint density at radius 2 is 1.76 bits per heavy atom. The average Bonchev–Trinajstić information content (AvgIpc) is 2.91. The van der Waals surface area contributed by atoms with E-state index < -0.39 is 0 Å². The van der Waals surface area contributed by atoms with E-state index in [2.05, 4.69) is 15.1 Å². The molecule has 2 heterocycles. The van der Waals surface area contributed by atoms with Crippen LogP contribution in [0.2, 0.25) is 10.0 Å². The number of rotatable bonds is 8. The smallest absolute Gasteiger partial charge is 0.254 e. The maximum absolute atomic E-state index is 13.2. The molecule has 0 spiro atoms. The van der Waals surface area contributed by atoms with Crippen LogP contribution in [0.4, 0.5) is 5.82 Å². The van der Waals surface area contributed by atoms with E-state index in [9.17, 15) is 9.59 Å². The van der Waals surface area contributed by atoms with Crippen LogP contribution in [-0.4, -0.2) is 84.8 Å². The topological polar surface area (TPSA) is 78.9 Å². The number of aromatic nitrogens is 2. The number of carbonyl (C=O) groups is 2. The van der Waals surface area contributed by atoms with Gasteiger partial charge in [-0.1, -0.05) is 41.4 Å². The van der Waals surface area contributed by atoms with Gasteiger partial charge in [-0.05, 0) is 48.9 Å². The molecule has 2 amide bonds. The third-order valence-electron chi connectivity index (χ3n) is 6.37. The summed E-state index contributed by atoms with van der Waals surface area (Å²) >= 11 is 12.3. The summed E-state index contributed by atoms with van der Waals surface area (Å²) in [7, 11) is 1.58. The molecule has 0 saturated carbocycles. The Bertz CT molecular complexity index is 1250. The molecule has 1 fully saturated rings. The van der Waals surface area contributed by atoms with Gasteiger partial charge in [-0.2, -0.15) is 0 Å². The van der Waals surface area contributed by atoms with Gasteiger partial charge < -0.3 is 19.4 Å². The van der Waals surface area contributed by atoms with Crippen LogP contribution >= 0.6 is 23.2 Å². The fraction of sp³-hybridized carbons (Fsp3) is 0.333. The van der Waals surface area contributed by atoms with Crippen molar-refractivity contribution >= 4 is 40.8 Å². The minimum Gasteiger partial charge on any atom is -0.383 e. The lowest BCUT2D eigenvalue weighted by atomic mass is 10.1. The molecule has 0 N–H and O–H groups in total. The number of nitrogens with zero attached hydrogens (tertiary/aromatic N) is 5. The zero-order valence-corrected chi connectivity index (χ0v) is 22.4. The summed E-state index contributed by atoms with van der Waals surface area (Å²) < 4.78 is 5.18. The third-order valence-corrected chi connectivity index (χ3v) is 6.92. The van der Waals surface area contributed by atoms with Gasteiger partial charge in [0.1, 0.15) is 6.54 Å². The fourth-order valence-electron chi connectivity index (χ4n) is 4.22. The predicted molar refractivity (Wildman–Crippen MR) is 145 cm³/mol. The van der Waals surface area contributed by atoms with Crippen LogP contribution < -0.4 is 4.90 Å². The molecule has 0 unspecified atom stereocenters. The number of carbonyl (C=O) groups excluding carboxylic acids is 2. The van der Waals surface area contributed by atoms with Gasteiger partial charge in [0.05, 0.1) is 17.3 Å². The lowest BCUT2D eigenvalue weighted by molar-refractivity contribution is -0.132. The minimum atomic E-state index is -0.168. The maximum Gasteiger partial charge on any atom is 0.254 e. The minimum absolute atomic E-state index is 0.00683. The molecule has 1 aromatic heterocycles. The van der Waals surface area contributed by atoms with E-state index in [-0.39, 0.29) is 18.4 Å². The maximum atomic E-state index is 13.2. The first-order valence-corrected chi connectivity index (χ1v) is 12.8. The van der Waals surface area contributed by atoms with Gasteiger partial charge in [0.25, 0.3) is 5.91 Å². The second-order valence-corrected chi connectivity index (χ2v) is 9.65. The lowest BCUT2D eigenvalue weighted by Gasteiger charge is -2.36. The summed E-state index contributed by atoms with van der Waals surface area (Å²) in [6.45, 7) is 4.89. The number of amides is 2. The molecule has 0 bridgehead atoms. The molecule has 1 saturated heterocycles. The molecule has 1 aliphatic heterocycles. The Morgan fingerprint density at radius 1 is 1.00 bits per heavy atom. The SMILES string of the molecule is COCCN(CC(=O)N1CCN(c2ccc(-c3ccc(Cl)cc3Cl)nn2)CC1)C(=O)c1ccccc1C. The number of anilines is 1. The number of methoxy groups -OCH3 is 1. The van der Waals surface area contributed by atoms with Crippen LogP contribution in [0, 0.1) is 6.92 Å². The Kier molecular flexibility index (Phi) is 8.97. The molecule has 37 heavy (non-hydrogen) atoms. The number of hydrogen-bond donors (Lipinski definition) is 0. The van der Waals surface area contributed by atoms with Crippen molar-refractivity contribution in [2.45, 2.75) is 6.92 Å². The van der Waals surface area contributed by atoms with Gasteiger partial charge in [-0.3, -0.25) is 9.59 Å².